The SMILES string of the molecule is COC(C)CCC(=O)N1CCCCC1C1CCCC1=O. The number of hydrogen-bond donors (Lipinski definition) is 0. The molecule has 114 valence electrons. The van der Waals surface area contributed by atoms with Crippen LogP contribution in [0.3, 0.4) is 0 Å². The van der Waals surface area contributed by atoms with Crippen molar-refractivity contribution in [1.82, 2.24) is 4.90 Å². The number of ketones is 1. The first-order valence-electron chi connectivity index (χ1n) is 7.98. The molecule has 20 heavy (non-hydrogen) atoms. The molecule has 0 aromatic carbocycles. The van der Waals surface area contributed by atoms with Crippen molar-refractivity contribution in [3.8, 4) is 0 Å². The molecule has 2 rings (SSSR count). The zero-order chi connectivity index (χ0) is 14.5. The maximum absolute atomic E-state index is 12.5. The molecule has 1 saturated carbocycles. The number of amides is 1. The zero-order valence-corrected chi connectivity index (χ0v) is 12.8. The summed E-state index contributed by atoms with van der Waals surface area (Å²) in [6.07, 6.45) is 7.32. The summed E-state index contributed by atoms with van der Waals surface area (Å²) >= 11 is 0. The molecular weight excluding hydrogens is 254 g/mol. The Balaban J connectivity index is 1.95. The first-order valence-corrected chi connectivity index (χ1v) is 7.98. The summed E-state index contributed by atoms with van der Waals surface area (Å²) in [5, 5.41) is 0. The van der Waals surface area contributed by atoms with Crippen molar-refractivity contribution in [2.45, 2.75) is 70.4 Å². The largest absolute Gasteiger partial charge is 0.382 e. The number of nitrogens with zero attached hydrogens (tertiary/aromatic N) is 1. The number of Topliss-reactive ketones (excluding diaryl/α,β-unsaturated/α-hetero) is 1. The zero-order valence-electron chi connectivity index (χ0n) is 12.8. The van der Waals surface area contributed by atoms with Crippen molar-refractivity contribution in [3.63, 3.8) is 0 Å². The van der Waals surface area contributed by atoms with Crippen LogP contribution in [0.5, 0.6) is 0 Å². The Morgan fingerprint density at radius 2 is 2.15 bits per heavy atom. The monoisotopic (exact) mass is 281 g/mol. The fourth-order valence-electron chi connectivity index (χ4n) is 3.52. The lowest BCUT2D eigenvalue weighted by molar-refractivity contribution is -0.138. The minimum atomic E-state index is 0.110. The van der Waals surface area contributed by atoms with Crippen molar-refractivity contribution >= 4 is 11.7 Å². The maximum Gasteiger partial charge on any atom is 0.222 e. The van der Waals surface area contributed by atoms with E-state index in [0.717, 1.165) is 45.1 Å². The van der Waals surface area contributed by atoms with E-state index in [4.69, 9.17) is 4.74 Å². The van der Waals surface area contributed by atoms with Crippen LogP contribution in [0, 0.1) is 5.92 Å². The lowest BCUT2D eigenvalue weighted by Crippen LogP contribution is -2.48. The van der Waals surface area contributed by atoms with Gasteiger partial charge in [-0.15, -0.1) is 0 Å². The molecule has 1 heterocycles. The van der Waals surface area contributed by atoms with Gasteiger partial charge in [0, 0.05) is 38.5 Å². The fourth-order valence-corrected chi connectivity index (χ4v) is 3.52. The molecule has 0 spiro atoms. The molecule has 4 nitrogen and oxygen atoms in total. The van der Waals surface area contributed by atoms with Crippen molar-refractivity contribution in [1.29, 1.82) is 0 Å². The van der Waals surface area contributed by atoms with Crippen LogP contribution in [-0.2, 0) is 14.3 Å². The number of piperidine rings is 1. The molecule has 4 heteroatoms. The van der Waals surface area contributed by atoms with Crippen LogP contribution in [0.2, 0.25) is 0 Å². The van der Waals surface area contributed by atoms with Crippen LogP contribution in [0.25, 0.3) is 0 Å². The topological polar surface area (TPSA) is 46.6 Å². The third-order valence-electron chi connectivity index (χ3n) is 4.85. The molecule has 2 fully saturated rings. The second-order valence-corrected chi connectivity index (χ2v) is 6.20. The Bertz CT molecular complexity index is 356. The third kappa shape index (κ3) is 3.60. The standard InChI is InChI=1S/C16H27NO3/c1-12(20-2)9-10-16(19)17-11-4-3-7-14(17)13-6-5-8-15(13)18/h12-14H,3-11H2,1-2H3. The summed E-state index contributed by atoms with van der Waals surface area (Å²) in [4.78, 5) is 26.4. The van der Waals surface area contributed by atoms with Crippen molar-refractivity contribution < 1.29 is 14.3 Å². The average Bonchev–Trinajstić information content (AvgIpc) is 2.90. The van der Waals surface area contributed by atoms with Gasteiger partial charge in [0.15, 0.2) is 0 Å². The van der Waals surface area contributed by atoms with Gasteiger partial charge >= 0.3 is 0 Å². The van der Waals surface area contributed by atoms with E-state index in [1.807, 2.05) is 11.8 Å². The predicted octanol–water partition coefficient (Wildman–Crippen LogP) is 2.55. The summed E-state index contributed by atoms with van der Waals surface area (Å²) < 4.78 is 5.21. The number of hydrogen-bond acceptors (Lipinski definition) is 3. The maximum atomic E-state index is 12.5. The van der Waals surface area contributed by atoms with E-state index in [1.165, 1.54) is 0 Å². The lowest BCUT2D eigenvalue weighted by Gasteiger charge is -2.39. The normalized spacial score (nSPS) is 28.7. The van der Waals surface area contributed by atoms with E-state index < -0.39 is 0 Å². The first kappa shape index (κ1) is 15.5. The molecule has 0 N–H and O–H groups in total. The van der Waals surface area contributed by atoms with E-state index in [1.54, 1.807) is 7.11 Å². The van der Waals surface area contributed by atoms with Gasteiger partial charge in [-0.25, -0.2) is 0 Å². The molecule has 1 saturated heterocycles. The quantitative estimate of drug-likeness (QED) is 0.778. The van der Waals surface area contributed by atoms with E-state index in [0.29, 0.717) is 18.6 Å². The second kappa shape index (κ2) is 7.21. The summed E-state index contributed by atoms with van der Waals surface area (Å²) in [6, 6.07) is 0.170. The Hall–Kier alpha value is -0.900. The summed E-state index contributed by atoms with van der Waals surface area (Å²) in [6.45, 7) is 2.82. The molecule has 0 bridgehead atoms. The predicted molar refractivity (Wildman–Crippen MR) is 77.4 cm³/mol. The molecule has 0 aromatic heterocycles. The van der Waals surface area contributed by atoms with Crippen molar-refractivity contribution in [2.75, 3.05) is 13.7 Å². The van der Waals surface area contributed by atoms with Crippen LogP contribution < -0.4 is 0 Å². The van der Waals surface area contributed by atoms with Gasteiger partial charge in [0.2, 0.25) is 5.91 Å². The van der Waals surface area contributed by atoms with Crippen LogP contribution in [0.1, 0.15) is 58.3 Å². The van der Waals surface area contributed by atoms with E-state index >= 15 is 0 Å². The van der Waals surface area contributed by atoms with Gasteiger partial charge in [0.1, 0.15) is 5.78 Å². The smallest absolute Gasteiger partial charge is 0.222 e. The number of carbonyl (C=O) groups excluding carboxylic acids is 2. The van der Waals surface area contributed by atoms with E-state index in [2.05, 4.69) is 0 Å². The molecule has 1 amide bonds. The summed E-state index contributed by atoms with van der Waals surface area (Å²) in [7, 11) is 1.68. The average molecular weight is 281 g/mol. The summed E-state index contributed by atoms with van der Waals surface area (Å²) in [5.74, 6) is 0.692. The molecular formula is C16H27NO3. The van der Waals surface area contributed by atoms with Crippen molar-refractivity contribution in [2.24, 2.45) is 5.92 Å². The number of rotatable bonds is 5. The van der Waals surface area contributed by atoms with Gasteiger partial charge in [-0.05, 0) is 45.4 Å². The highest BCUT2D eigenvalue weighted by Gasteiger charge is 2.38. The lowest BCUT2D eigenvalue weighted by atomic mass is 9.88. The van der Waals surface area contributed by atoms with Gasteiger partial charge in [0.25, 0.3) is 0 Å². The van der Waals surface area contributed by atoms with Crippen LogP contribution >= 0.6 is 0 Å². The molecule has 0 radical (unpaired) electrons. The minimum absolute atomic E-state index is 0.110. The Kier molecular flexibility index (Phi) is 5.58. The molecule has 1 aliphatic heterocycles. The first-order chi connectivity index (χ1) is 9.63. The Morgan fingerprint density at radius 3 is 2.80 bits per heavy atom. The van der Waals surface area contributed by atoms with Crippen LogP contribution in [0.4, 0.5) is 0 Å². The minimum Gasteiger partial charge on any atom is -0.382 e. The molecule has 3 unspecified atom stereocenters. The Labute approximate surface area is 121 Å². The fraction of sp³-hybridized carbons (Fsp3) is 0.875. The Morgan fingerprint density at radius 1 is 1.35 bits per heavy atom. The number of methoxy groups -OCH3 is 1. The van der Waals surface area contributed by atoms with Crippen LogP contribution in [0.15, 0.2) is 0 Å². The number of carbonyl (C=O) groups is 2. The van der Waals surface area contributed by atoms with E-state index in [9.17, 15) is 9.59 Å². The van der Waals surface area contributed by atoms with Gasteiger partial charge in [-0.3, -0.25) is 9.59 Å². The summed E-state index contributed by atoms with van der Waals surface area (Å²) in [5.41, 5.74) is 0. The highest BCUT2D eigenvalue weighted by molar-refractivity contribution is 5.85. The highest BCUT2D eigenvalue weighted by atomic mass is 16.5. The number of ether oxygens (including phenoxy) is 1. The second-order valence-electron chi connectivity index (χ2n) is 6.20. The van der Waals surface area contributed by atoms with Gasteiger partial charge < -0.3 is 9.64 Å². The van der Waals surface area contributed by atoms with E-state index in [-0.39, 0.29) is 24.0 Å². The molecule has 0 aromatic rings. The van der Waals surface area contributed by atoms with Gasteiger partial charge in [-0.1, -0.05) is 0 Å². The van der Waals surface area contributed by atoms with Crippen LogP contribution in [-0.4, -0.2) is 42.4 Å². The molecule has 1 aliphatic carbocycles. The molecule has 2 aliphatic rings. The van der Waals surface area contributed by atoms with Gasteiger partial charge in [0.05, 0.1) is 6.10 Å². The highest BCUT2D eigenvalue weighted by Crippen LogP contribution is 2.33. The molecule has 3 atom stereocenters. The van der Waals surface area contributed by atoms with Crippen molar-refractivity contribution in [3.05, 3.63) is 0 Å². The third-order valence-corrected chi connectivity index (χ3v) is 4.85. The van der Waals surface area contributed by atoms with Gasteiger partial charge in [-0.2, -0.15) is 0 Å². The number of likely N-dealkylation sites (tertiary alicyclic amines) is 1.